The molecule has 0 aliphatic heterocycles. The van der Waals surface area contributed by atoms with E-state index in [2.05, 4.69) is 49.0 Å². The van der Waals surface area contributed by atoms with Crippen LogP contribution < -0.4 is 5.32 Å². The quantitative estimate of drug-likeness (QED) is 0.197. The molecule has 0 aromatic carbocycles. The number of hydrogen-bond donors (Lipinski definition) is 3. The molecule has 0 unspecified atom stereocenters. The van der Waals surface area contributed by atoms with Gasteiger partial charge < -0.3 is 10.3 Å². The summed E-state index contributed by atoms with van der Waals surface area (Å²) in [6, 6.07) is 9.33. The first-order valence-corrected chi connectivity index (χ1v) is 12.9. The average Bonchev–Trinajstić information content (AvgIpc) is 3.64. The van der Waals surface area contributed by atoms with Gasteiger partial charge in [-0.1, -0.05) is 19.9 Å². The minimum absolute atomic E-state index is 0.222. The number of unbranched alkanes of at least 4 members (excludes halogenated alkanes) is 1. The summed E-state index contributed by atoms with van der Waals surface area (Å²) < 4.78 is 13.7. The Morgan fingerprint density at radius 2 is 1.92 bits per heavy atom. The van der Waals surface area contributed by atoms with Crippen LogP contribution >= 0.6 is 11.3 Å². The van der Waals surface area contributed by atoms with Gasteiger partial charge in [-0.05, 0) is 43.2 Å². The summed E-state index contributed by atoms with van der Waals surface area (Å²) in [6.07, 6.45) is 12.0. The molecule has 0 radical (unpaired) electrons. The third-order valence-electron chi connectivity index (χ3n) is 6.27. The molecule has 6 heterocycles. The smallest absolute Gasteiger partial charge is 0.176 e. The summed E-state index contributed by atoms with van der Waals surface area (Å²) in [5, 5.41) is 12.7. The van der Waals surface area contributed by atoms with E-state index < -0.39 is 0 Å². The summed E-state index contributed by atoms with van der Waals surface area (Å²) in [5.74, 6) is 0. The highest BCUT2D eigenvalue weighted by atomic mass is 32.1. The van der Waals surface area contributed by atoms with Crippen molar-refractivity contribution in [1.29, 1.82) is 0 Å². The number of H-pyrrole nitrogens is 2. The topological polar surface area (TPSA) is 95.2 Å². The highest BCUT2D eigenvalue weighted by Crippen LogP contribution is 2.36. The fourth-order valence-electron chi connectivity index (χ4n) is 4.42. The second-order valence-corrected chi connectivity index (χ2v) is 9.95. The van der Waals surface area contributed by atoms with Crippen LogP contribution in [0.15, 0.2) is 73.6 Å². The molecule has 0 saturated heterocycles. The summed E-state index contributed by atoms with van der Waals surface area (Å²) in [6.45, 7) is 6.29. The van der Waals surface area contributed by atoms with Gasteiger partial charge in [0, 0.05) is 44.9 Å². The van der Waals surface area contributed by atoms with E-state index in [1.807, 2.05) is 18.2 Å². The van der Waals surface area contributed by atoms with Crippen molar-refractivity contribution in [3.8, 4) is 33.1 Å². The zero-order valence-electron chi connectivity index (χ0n) is 20.2. The number of anilines is 1. The molecule has 0 atom stereocenters. The average molecular weight is 510 g/mol. The van der Waals surface area contributed by atoms with Crippen LogP contribution in [0, 0.1) is 5.13 Å². The highest BCUT2D eigenvalue weighted by Gasteiger charge is 2.16. The van der Waals surface area contributed by atoms with Crippen LogP contribution in [0.3, 0.4) is 0 Å². The first-order valence-electron chi connectivity index (χ1n) is 12.1. The van der Waals surface area contributed by atoms with E-state index in [9.17, 15) is 4.39 Å². The van der Waals surface area contributed by atoms with Gasteiger partial charge in [-0.15, -0.1) is 11.3 Å². The maximum Gasteiger partial charge on any atom is 0.176 e. The number of pyridine rings is 3. The van der Waals surface area contributed by atoms with Crippen LogP contribution in [0.1, 0.15) is 26.2 Å². The molecule has 6 rings (SSSR count). The lowest BCUT2D eigenvalue weighted by Crippen LogP contribution is -1.99. The maximum atomic E-state index is 13.7. The van der Waals surface area contributed by atoms with E-state index in [1.54, 1.807) is 37.1 Å². The Morgan fingerprint density at radius 1 is 1.03 bits per heavy atom. The summed E-state index contributed by atoms with van der Waals surface area (Å²) in [5.41, 5.74) is 7.71. The lowest BCUT2D eigenvalue weighted by Gasteiger charge is -2.10. The van der Waals surface area contributed by atoms with Crippen molar-refractivity contribution in [2.45, 2.75) is 26.2 Å². The van der Waals surface area contributed by atoms with Crippen molar-refractivity contribution >= 4 is 38.8 Å². The number of aromatic amines is 2. The fourth-order valence-corrected chi connectivity index (χ4v) is 5.17. The Labute approximate surface area is 216 Å². The maximum absolute atomic E-state index is 13.7. The molecule has 37 heavy (non-hydrogen) atoms. The molecule has 0 bridgehead atoms. The van der Waals surface area contributed by atoms with Crippen LogP contribution in [0.2, 0.25) is 0 Å². The van der Waals surface area contributed by atoms with E-state index in [4.69, 9.17) is 0 Å². The van der Waals surface area contributed by atoms with Crippen LogP contribution in [0.5, 0.6) is 0 Å². The third-order valence-corrected chi connectivity index (χ3v) is 7.18. The van der Waals surface area contributed by atoms with E-state index in [0.717, 1.165) is 96.9 Å². The molecule has 7 nitrogen and oxygen atoms in total. The predicted octanol–water partition coefficient (Wildman–Crippen LogP) is 7.55. The van der Waals surface area contributed by atoms with Gasteiger partial charge in [0.25, 0.3) is 0 Å². The Balaban J connectivity index is 1.37. The largest absolute Gasteiger partial charge is 0.358 e. The van der Waals surface area contributed by atoms with E-state index >= 15 is 0 Å². The normalized spacial score (nSPS) is 11.4. The molecule has 0 aliphatic rings. The second kappa shape index (κ2) is 9.59. The van der Waals surface area contributed by atoms with Gasteiger partial charge >= 0.3 is 0 Å². The highest BCUT2D eigenvalue weighted by molar-refractivity contribution is 7.14. The number of halogens is 1. The van der Waals surface area contributed by atoms with Gasteiger partial charge in [0.2, 0.25) is 0 Å². The first kappa shape index (κ1) is 23.1. The van der Waals surface area contributed by atoms with Gasteiger partial charge in [0.05, 0.1) is 46.7 Å². The lowest BCUT2D eigenvalue weighted by molar-refractivity contribution is 0.657. The molecule has 0 aliphatic carbocycles. The summed E-state index contributed by atoms with van der Waals surface area (Å²) >= 11 is 1.11. The van der Waals surface area contributed by atoms with Crippen LogP contribution in [0.4, 0.5) is 10.1 Å². The van der Waals surface area contributed by atoms with Crippen molar-refractivity contribution in [3.05, 3.63) is 78.7 Å². The molecule has 0 fully saturated rings. The van der Waals surface area contributed by atoms with E-state index in [1.165, 1.54) is 6.07 Å². The van der Waals surface area contributed by atoms with Crippen molar-refractivity contribution in [1.82, 2.24) is 30.1 Å². The number of fused-ring (bicyclic) bond motifs is 2. The Bertz CT molecular complexity index is 1750. The minimum atomic E-state index is -0.222. The minimum Gasteiger partial charge on any atom is -0.358 e. The number of aromatic nitrogens is 6. The zero-order valence-corrected chi connectivity index (χ0v) is 21.0. The van der Waals surface area contributed by atoms with Crippen molar-refractivity contribution in [2.24, 2.45) is 0 Å². The SMILES string of the molecule is C=C(CCCC)Nc1cncc(-c2cc3c(-c4cc5c(-c6ccc(F)s6)cncc5[nH]4)n[nH]c3cn2)c1. The number of thiophene rings is 1. The summed E-state index contributed by atoms with van der Waals surface area (Å²) in [7, 11) is 0. The molecule has 0 spiro atoms. The van der Waals surface area contributed by atoms with Gasteiger partial charge in [0.1, 0.15) is 5.69 Å². The molecule has 0 saturated carbocycles. The van der Waals surface area contributed by atoms with E-state index in [0.29, 0.717) is 0 Å². The number of nitrogens with one attached hydrogen (secondary N) is 3. The lowest BCUT2D eigenvalue weighted by atomic mass is 10.1. The number of rotatable bonds is 8. The number of nitrogens with zero attached hydrogens (tertiary/aromatic N) is 4. The Morgan fingerprint density at radius 3 is 2.76 bits per heavy atom. The monoisotopic (exact) mass is 509 g/mol. The molecule has 6 aromatic heterocycles. The molecule has 184 valence electrons. The Kier molecular flexibility index (Phi) is 5.97. The fraction of sp³-hybridized carbons (Fsp3) is 0.143. The van der Waals surface area contributed by atoms with Crippen molar-refractivity contribution in [3.63, 3.8) is 0 Å². The molecule has 3 N–H and O–H groups in total. The standard InChI is InChI=1S/C28H24FN7S/c1-3-4-5-16(2)33-18-8-17(11-30-12-18)22-10-20-25(15-32-22)35-36-28(20)23-9-19-21(13-31-14-24(19)34-23)26-6-7-27(29)37-26/h6-15,33-34H,2-5H2,1H3,(H,35,36). The van der Waals surface area contributed by atoms with Crippen molar-refractivity contribution < 1.29 is 4.39 Å². The van der Waals surface area contributed by atoms with Gasteiger partial charge in [-0.3, -0.25) is 20.1 Å². The molecule has 9 heteroatoms. The predicted molar refractivity (Wildman–Crippen MR) is 148 cm³/mol. The van der Waals surface area contributed by atoms with Crippen LogP contribution in [-0.2, 0) is 0 Å². The number of allylic oxidation sites excluding steroid dienone is 1. The van der Waals surface area contributed by atoms with Gasteiger partial charge in [0.15, 0.2) is 5.13 Å². The van der Waals surface area contributed by atoms with Gasteiger partial charge in [-0.25, -0.2) is 0 Å². The zero-order chi connectivity index (χ0) is 25.4. The Hall–Kier alpha value is -4.37. The van der Waals surface area contributed by atoms with Gasteiger partial charge in [-0.2, -0.15) is 9.49 Å². The van der Waals surface area contributed by atoms with Crippen LogP contribution in [-0.4, -0.2) is 30.1 Å². The molecular weight excluding hydrogens is 485 g/mol. The van der Waals surface area contributed by atoms with E-state index in [-0.39, 0.29) is 5.13 Å². The second-order valence-electron chi connectivity index (χ2n) is 8.92. The van der Waals surface area contributed by atoms with Crippen LogP contribution in [0.25, 0.3) is 54.9 Å². The summed E-state index contributed by atoms with van der Waals surface area (Å²) in [4.78, 5) is 17.7. The third kappa shape index (κ3) is 4.49. The molecule has 0 amide bonds. The first-order chi connectivity index (χ1) is 18.1. The number of hydrogen-bond acceptors (Lipinski definition) is 6. The molecule has 6 aromatic rings. The van der Waals surface area contributed by atoms with Crippen molar-refractivity contribution in [2.75, 3.05) is 5.32 Å². The molecular formula is C28H24FN7S.